The van der Waals surface area contributed by atoms with Crippen LogP contribution in [0, 0.1) is 0 Å². The summed E-state index contributed by atoms with van der Waals surface area (Å²) in [6.07, 6.45) is 1.03. The molecule has 0 amide bonds. The van der Waals surface area contributed by atoms with E-state index in [0.29, 0.717) is 0 Å². The minimum atomic E-state index is -3.54. The molecule has 0 aliphatic rings. The lowest BCUT2D eigenvalue weighted by Crippen LogP contribution is -2.30. The SMILES string of the molecule is CCOc1c(OC(F)F)cccc1N(CC)S(C)(=O)=O. The third-order valence-electron chi connectivity index (χ3n) is 2.42. The van der Waals surface area contributed by atoms with Crippen molar-refractivity contribution in [2.24, 2.45) is 0 Å². The van der Waals surface area contributed by atoms with Gasteiger partial charge in [0.1, 0.15) is 0 Å². The average molecular weight is 309 g/mol. The van der Waals surface area contributed by atoms with E-state index in [-0.39, 0.29) is 30.3 Å². The van der Waals surface area contributed by atoms with Crippen LogP contribution in [0.4, 0.5) is 14.5 Å². The lowest BCUT2D eigenvalue weighted by Gasteiger charge is -2.24. The lowest BCUT2D eigenvalue weighted by atomic mass is 10.2. The van der Waals surface area contributed by atoms with E-state index in [2.05, 4.69) is 4.74 Å². The number of hydrogen-bond donors (Lipinski definition) is 0. The Morgan fingerprint density at radius 3 is 2.40 bits per heavy atom. The molecule has 0 heterocycles. The van der Waals surface area contributed by atoms with Crippen LogP contribution in [0.5, 0.6) is 11.5 Å². The average Bonchev–Trinajstić information content (AvgIpc) is 2.31. The van der Waals surface area contributed by atoms with Crippen LogP contribution in [0.2, 0.25) is 0 Å². The molecule has 0 spiro atoms. The molecule has 0 fully saturated rings. The number of sulfonamides is 1. The minimum absolute atomic E-state index is 0.0115. The molecular formula is C12H17F2NO4S. The minimum Gasteiger partial charge on any atom is -0.488 e. The first-order valence-corrected chi connectivity index (χ1v) is 7.84. The molecule has 0 saturated heterocycles. The van der Waals surface area contributed by atoms with Gasteiger partial charge in [0.2, 0.25) is 10.0 Å². The Labute approximate surface area is 117 Å². The summed E-state index contributed by atoms with van der Waals surface area (Å²) in [5.41, 5.74) is 0.176. The maximum Gasteiger partial charge on any atom is 0.387 e. The number of anilines is 1. The van der Waals surface area contributed by atoms with Crippen LogP contribution in [0.1, 0.15) is 13.8 Å². The summed E-state index contributed by atoms with van der Waals surface area (Å²) in [4.78, 5) is 0. The zero-order valence-electron chi connectivity index (χ0n) is 11.5. The Hall–Kier alpha value is -1.57. The van der Waals surface area contributed by atoms with E-state index in [9.17, 15) is 17.2 Å². The predicted octanol–water partition coefficient (Wildman–Crippen LogP) is 2.47. The third kappa shape index (κ3) is 3.96. The molecule has 1 rings (SSSR count). The van der Waals surface area contributed by atoms with Crippen molar-refractivity contribution in [1.29, 1.82) is 0 Å². The largest absolute Gasteiger partial charge is 0.488 e. The molecule has 0 N–H and O–H groups in total. The van der Waals surface area contributed by atoms with E-state index >= 15 is 0 Å². The van der Waals surface area contributed by atoms with Crippen molar-refractivity contribution in [3.63, 3.8) is 0 Å². The van der Waals surface area contributed by atoms with Crippen LogP contribution in [0.15, 0.2) is 18.2 Å². The van der Waals surface area contributed by atoms with Crippen LogP contribution in [0.25, 0.3) is 0 Å². The second kappa shape index (κ2) is 6.74. The van der Waals surface area contributed by atoms with Crippen LogP contribution in [-0.4, -0.2) is 34.4 Å². The van der Waals surface area contributed by atoms with Crippen molar-refractivity contribution >= 4 is 15.7 Å². The Balaban J connectivity index is 3.37. The number of ether oxygens (including phenoxy) is 2. The molecule has 0 aliphatic carbocycles. The highest BCUT2D eigenvalue weighted by atomic mass is 32.2. The van der Waals surface area contributed by atoms with Gasteiger partial charge in [-0.25, -0.2) is 8.42 Å². The first-order valence-electron chi connectivity index (χ1n) is 5.99. The van der Waals surface area contributed by atoms with Gasteiger partial charge in [-0.05, 0) is 26.0 Å². The maximum absolute atomic E-state index is 12.4. The molecule has 1 aromatic carbocycles. The highest BCUT2D eigenvalue weighted by Gasteiger charge is 2.23. The Morgan fingerprint density at radius 1 is 1.30 bits per heavy atom. The van der Waals surface area contributed by atoms with Crippen LogP contribution in [0.3, 0.4) is 0 Å². The molecule has 0 unspecified atom stereocenters. The summed E-state index contributed by atoms with van der Waals surface area (Å²) in [6, 6.07) is 4.22. The summed E-state index contributed by atoms with van der Waals surface area (Å²) in [5, 5.41) is 0. The van der Waals surface area contributed by atoms with Gasteiger partial charge in [0.05, 0.1) is 18.6 Å². The molecule has 0 radical (unpaired) electrons. The molecule has 0 bridgehead atoms. The molecule has 114 valence electrons. The molecule has 0 aliphatic heterocycles. The molecule has 0 saturated carbocycles. The number of nitrogens with zero attached hydrogens (tertiary/aromatic N) is 1. The smallest absolute Gasteiger partial charge is 0.387 e. The number of alkyl halides is 2. The quantitative estimate of drug-likeness (QED) is 0.776. The van der Waals surface area contributed by atoms with Gasteiger partial charge >= 0.3 is 6.61 Å². The van der Waals surface area contributed by atoms with E-state index in [1.807, 2.05) is 0 Å². The molecule has 0 aromatic heterocycles. The highest BCUT2D eigenvalue weighted by molar-refractivity contribution is 7.92. The van der Waals surface area contributed by atoms with E-state index in [1.165, 1.54) is 18.2 Å². The van der Waals surface area contributed by atoms with E-state index in [4.69, 9.17) is 4.74 Å². The summed E-state index contributed by atoms with van der Waals surface area (Å²) in [5.74, 6) is -0.205. The van der Waals surface area contributed by atoms with Gasteiger partial charge in [0.25, 0.3) is 0 Å². The summed E-state index contributed by atoms with van der Waals surface area (Å²) < 4.78 is 58.9. The summed E-state index contributed by atoms with van der Waals surface area (Å²) in [6.45, 7) is 0.629. The van der Waals surface area contributed by atoms with Gasteiger partial charge in [0, 0.05) is 6.54 Å². The predicted molar refractivity (Wildman–Crippen MR) is 72.1 cm³/mol. The first kappa shape index (κ1) is 16.5. The second-order valence-electron chi connectivity index (χ2n) is 3.84. The lowest BCUT2D eigenvalue weighted by molar-refractivity contribution is -0.0513. The van der Waals surface area contributed by atoms with E-state index in [0.717, 1.165) is 10.6 Å². The van der Waals surface area contributed by atoms with Crippen molar-refractivity contribution in [2.45, 2.75) is 20.5 Å². The van der Waals surface area contributed by atoms with Gasteiger partial charge in [-0.15, -0.1) is 0 Å². The van der Waals surface area contributed by atoms with Crippen LogP contribution < -0.4 is 13.8 Å². The number of rotatable bonds is 7. The van der Waals surface area contributed by atoms with Crippen LogP contribution >= 0.6 is 0 Å². The zero-order chi connectivity index (χ0) is 15.3. The van der Waals surface area contributed by atoms with Crippen molar-refractivity contribution < 1.29 is 26.7 Å². The highest BCUT2D eigenvalue weighted by Crippen LogP contribution is 2.39. The van der Waals surface area contributed by atoms with Crippen LogP contribution in [-0.2, 0) is 10.0 Å². The van der Waals surface area contributed by atoms with E-state index in [1.54, 1.807) is 13.8 Å². The van der Waals surface area contributed by atoms with Gasteiger partial charge in [-0.1, -0.05) is 6.07 Å². The normalized spacial score (nSPS) is 11.5. The zero-order valence-corrected chi connectivity index (χ0v) is 12.3. The fraction of sp³-hybridized carbons (Fsp3) is 0.500. The molecule has 1 aromatic rings. The van der Waals surface area contributed by atoms with Crippen molar-refractivity contribution in [3.05, 3.63) is 18.2 Å². The Bertz CT molecular complexity index is 548. The van der Waals surface area contributed by atoms with Crippen molar-refractivity contribution in [1.82, 2.24) is 0 Å². The second-order valence-corrected chi connectivity index (χ2v) is 5.75. The fourth-order valence-electron chi connectivity index (χ4n) is 1.76. The number of para-hydroxylation sites is 1. The van der Waals surface area contributed by atoms with Gasteiger partial charge < -0.3 is 9.47 Å². The molecule has 0 atom stereocenters. The molecular weight excluding hydrogens is 292 g/mol. The Morgan fingerprint density at radius 2 is 1.95 bits per heavy atom. The van der Waals surface area contributed by atoms with E-state index < -0.39 is 16.6 Å². The number of halogens is 2. The third-order valence-corrected chi connectivity index (χ3v) is 3.67. The standard InChI is InChI=1S/C12H17F2NO4S/c1-4-15(20(3,16)17)9-7-6-8-10(19-12(13)14)11(9)18-5-2/h6-8,12H,4-5H2,1-3H3. The fourth-order valence-corrected chi connectivity index (χ4v) is 2.73. The molecule has 20 heavy (non-hydrogen) atoms. The first-order chi connectivity index (χ1) is 9.31. The Kier molecular flexibility index (Phi) is 5.55. The molecule has 8 heteroatoms. The van der Waals surface area contributed by atoms with Crippen molar-refractivity contribution in [2.75, 3.05) is 23.7 Å². The van der Waals surface area contributed by atoms with Gasteiger partial charge in [-0.3, -0.25) is 4.31 Å². The number of hydrogen-bond acceptors (Lipinski definition) is 4. The molecule has 5 nitrogen and oxygen atoms in total. The van der Waals surface area contributed by atoms with Crippen molar-refractivity contribution in [3.8, 4) is 11.5 Å². The topological polar surface area (TPSA) is 55.8 Å². The van der Waals surface area contributed by atoms with Gasteiger partial charge in [0.15, 0.2) is 11.5 Å². The summed E-state index contributed by atoms with van der Waals surface area (Å²) >= 11 is 0. The number of benzene rings is 1. The maximum atomic E-state index is 12.4. The van der Waals surface area contributed by atoms with Gasteiger partial charge in [-0.2, -0.15) is 8.78 Å². The summed E-state index contributed by atoms with van der Waals surface area (Å²) in [7, 11) is -3.54. The monoisotopic (exact) mass is 309 g/mol.